The van der Waals surface area contributed by atoms with E-state index >= 15 is 0 Å². The van der Waals surface area contributed by atoms with Crippen LogP contribution >= 0.6 is 0 Å². The van der Waals surface area contributed by atoms with Crippen LogP contribution in [0.15, 0.2) is 24.3 Å². The number of rotatable bonds is 3. The van der Waals surface area contributed by atoms with Gasteiger partial charge < -0.3 is 9.88 Å². The van der Waals surface area contributed by atoms with Crippen LogP contribution in [0.2, 0.25) is 0 Å². The summed E-state index contributed by atoms with van der Waals surface area (Å²) in [4.78, 5) is 12.1. The number of amides is 1. The van der Waals surface area contributed by atoms with Crippen LogP contribution in [0.1, 0.15) is 29.4 Å². The number of nitrogens with zero attached hydrogens (tertiary/aromatic N) is 1. The van der Waals surface area contributed by atoms with Crippen molar-refractivity contribution in [3.8, 4) is 0 Å². The summed E-state index contributed by atoms with van der Waals surface area (Å²) in [7, 11) is 1.94. The maximum absolute atomic E-state index is 12.1. The zero-order valence-corrected chi connectivity index (χ0v) is 10.6. The van der Waals surface area contributed by atoms with E-state index in [1.165, 1.54) is 0 Å². The molecule has 17 heavy (non-hydrogen) atoms. The minimum absolute atomic E-state index is 0.0167. The molecule has 0 unspecified atom stereocenters. The second-order valence-electron chi connectivity index (χ2n) is 4.31. The number of hydrogen-bond acceptors (Lipinski definition) is 1. The zero-order chi connectivity index (χ0) is 12.4. The number of para-hydroxylation sites is 1. The van der Waals surface area contributed by atoms with Gasteiger partial charge in [-0.1, -0.05) is 25.1 Å². The molecule has 0 saturated carbocycles. The number of aryl methyl sites for hydroxylation is 2. The highest BCUT2D eigenvalue weighted by Gasteiger charge is 2.16. The molecule has 0 saturated heterocycles. The third-order valence-corrected chi connectivity index (χ3v) is 3.11. The van der Waals surface area contributed by atoms with Gasteiger partial charge >= 0.3 is 0 Å². The molecule has 0 aliphatic heterocycles. The molecule has 0 radical (unpaired) electrons. The second kappa shape index (κ2) is 4.62. The van der Waals surface area contributed by atoms with Crippen molar-refractivity contribution in [2.45, 2.75) is 20.3 Å². The molecule has 0 spiro atoms. The monoisotopic (exact) mass is 230 g/mol. The van der Waals surface area contributed by atoms with Gasteiger partial charge in [-0.15, -0.1) is 0 Å². The molecule has 3 nitrogen and oxygen atoms in total. The molecule has 1 aromatic carbocycles. The Kier molecular flexibility index (Phi) is 3.18. The zero-order valence-electron chi connectivity index (χ0n) is 10.6. The highest BCUT2D eigenvalue weighted by atomic mass is 16.1. The number of benzene rings is 1. The van der Waals surface area contributed by atoms with Crippen molar-refractivity contribution in [2.24, 2.45) is 7.05 Å². The SMILES string of the molecule is CCCNC(=O)c1c(C)c2ccccc2n1C. The van der Waals surface area contributed by atoms with Crippen molar-refractivity contribution < 1.29 is 4.79 Å². The molecule has 1 aromatic heterocycles. The summed E-state index contributed by atoms with van der Waals surface area (Å²) in [5, 5.41) is 4.08. The van der Waals surface area contributed by atoms with Crippen LogP contribution in [-0.4, -0.2) is 17.0 Å². The highest BCUT2D eigenvalue weighted by Crippen LogP contribution is 2.24. The van der Waals surface area contributed by atoms with Gasteiger partial charge in [0.2, 0.25) is 0 Å². The lowest BCUT2D eigenvalue weighted by molar-refractivity contribution is 0.0945. The van der Waals surface area contributed by atoms with Gasteiger partial charge in [-0.25, -0.2) is 0 Å². The van der Waals surface area contributed by atoms with Crippen LogP contribution in [-0.2, 0) is 7.05 Å². The normalized spacial score (nSPS) is 10.8. The lowest BCUT2D eigenvalue weighted by atomic mass is 10.1. The Hall–Kier alpha value is -1.77. The van der Waals surface area contributed by atoms with Crippen molar-refractivity contribution >= 4 is 16.8 Å². The predicted octanol–water partition coefficient (Wildman–Crippen LogP) is 2.63. The average molecular weight is 230 g/mol. The molecule has 1 heterocycles. The van der Waals surface area contributed by atoms with E-state index in [0.29, 0.717) is 0 Å². The van der Waals surface area contributed by atoms with Gasteiger partial charge in [-0.3, -0.25) is 4.79 Å². The fourth-order valence-electron chi connectivity index (χ4n) is 2.23. The first-order valence-corrected chi connectivity index (χ1v) is 5.99. The Morgan fingerprint density at radius 3 is 2.71 bits per heavy atom. The third-order valence-electron chi connectivity index (χ3n) is 3.11. The number of carbonyl (C=O) groups excluding carboxylic acids is 1. The van der Waals surface area contributed by atoms with Gasteiger partial charge in [0.1, 0.15) is 5.69 Å². The molecule has 1 amide bonds. The Morgan fingerprint density at radius 1 is 1.35 bits per heavy atom. The summed E-state index contributed by atoms with van der Waals surface area (Å²) in [6.07, 6.45) is 0.953. The van der Waals surface area contributed by atoms with Gasteiger partial charge in [0, 0.05) is 24.5 Å². The molecule has 0 atom stereocenters. The molecular weight excluding hydrogens is 212 g/mol. The topological polar surface area (TPSA) is 34.0 Å². The minimum Gasteiger partial charge on any atom is -0.351 e. The van der Waals surface area contributed by atoms with E-state index in [1.54, 1.807) is 0 Å². The van der Waals surface area contributed by atoms with Crippen LogP contribution in [0.25, 0.3) is 10.9 Å². The van der Waals surface area contributed by atoms with Crippen molar-refractivity contribution in [3.05, 3.63) is 35.5 Å². The van der Waals surface area contributed by atoms with E-state index in [0.717, 1.165) is 35.1 Å². The maximum Gasteiger partial charge on any atom is 0.268 e. The molecule has 90 valence electrons. The van der Waals surface area contributed by atoms with Crippen molar-refractivity contribution in [2.75, 3.05) is 6.54 Å². The van der Waals surface area contributed by atoms with E-state index in [9.17, 15) is 4.79 Å². The Bertz CT molecular complexity index is 516. The molecular formula is C14H18N2O. The first kappa shape index (κ1) is 11.7. The van der Waals surface area contributed by atoms with Gasteiger partial charge in [-0.05, 0) is 25.0 Å². The summed E-state index contributed by atoms with van der Waals surface area (Å²) in [5.74, 6) is 0.0167. The largest absolute Gasteiger partial charge is 0.351 e. The van der Waals surface area contributed by atoms with E-state index in [2.05, 4.69) is 18.3 Å². The number of aromatic nitrogens is 1. The third kappa shape index (κ3) is 1.93. The first-order chi connectivity index (χ1) is 8.16. The van der Waals surface area contributed by atoms with Gasteiger partial charge in [0.25, 0.3) is 5.91 Å². The van der Waals surface area contributed by atoms with Crippen molar-refractivity contribution in [1.82, 2.24) is 9.88 Å². The Morgan fingerprint density at radius 2 is 2.06 bits per heavy atom. The molecule has 2 aromatic rings. The fourth-order valence-corrected chi connectivity index (χ4v) is 2.23. The number of nitrogens with one attached hydrogen (secondary N) is 1. The predicted molar refractivity (Wildman–Crippen MR) is 70.3 cm³/mol. The minimum atomic E-state index is 0.0167. The molecule has 3 heteroatoms. The smallest absolute Gasteiger partial charge is 0.268 e. The molecule has 2 rings (SSSR count). The summed E-state index contributed by atoms with van der Waals surface area (Å²) in [5.41, 5.74) is 2.92. The quantitative estimate of drug-likeness (QED) is 0.864. The molecule has 0 fully saturated rings. The molecule has 0 bridgehead atoms. The fraction of sp³-hybridized carbons (Fsp3) is 0.357. The maximum atomic E-state index is 12.1. The first-order valence-electron chi connectivity index (χ1n) is 5.99. The Labute approximate surface area is 101 Å². The van der Waals surface area contributed by atoms with E-state index in [1.807, 2.05) is 36.7 Å². The number of fused-ring (bicyclic) bond motifs is 1. The summed E-state index contributed by atoms with van der Waals surface area (Å²) < 4.78 is 1.97. The van der Waals surface area contributed by atoms with Crippen molar-refractivity contribution in [1.29, 1.82) is 0 Å². The number of carbonyl (C=O) groups is 1. The van der Waals surface area contributed by atoms with E-state index in [4.69, 9.17) is 0 Å². The summed E-state index contributed by atoms with van der Waals surface area (Å²) >= 11 is 0. The summed E-state index contributed by atoms with van der Waals surface area (Å²) in [6.45, 7) is 4.78. The van der Waals surface area contributed by atoms with E-state index in [-0.39, 0.29) is 5.91 Å². The van der Waals surface area contributed by atoms with Crippen molar-refractivity contribution in [3.63, 3.8) is 0 Å². The average Bonchev–Trinajstić information content (AvgIpc) is 2.60. The summed E-state index contributed by atoms with van der Waals surface area (Å²) in [6, 6.07) is 8.10. The Balaban J connectivity index is 2.50. The lowest BCUT2D eigenvalue weighted by Crippen LogP contribution is -2.26. The standard InChI is InChI=1S/C14H18N2O/c1-4-9-15-14(17)13-10(2)11-7-5-6-8-12(11)16(13)3/h5-8H,4,9H2,1-3H3,(H,15,17). The molecule has 0 aliphatic rings. The lowest BCUT2D eigenvalue weighted by Gasteiger charge is -2.06. The molecule has 0 aliphatic carbocycles. The van der Waals surface area contributed by atoms with E-state index < -0.39 is 0 Å². The highest BCUT2D eigenvalue weighted by molar-refractivity contribution is 6.01. The van der Waals surface area contributed by atoms with Crippen LogP contribution in [0.4, 0.5) is 0 Å². The second-order valence-corrected chi connectivity index (χ2v) is 4.31. The van der Waals surface area contributed by atoms with Gasteiger partial charge in [-0.2, -0.15) is 0 Å². The van der Waals surface area contributed by atoms with Crippen LogP contribution < -0.4 is 5.32 Å². The number of hydrogen-bond donors (Lipinski definition) is 1. The molecule has 1 N–H and O–H groups in total. The van der Waals surface area contributed by atoms with Crippen LogP contribution in [0, 0.1) is 6.92 Å². The van der Waals surface area contributed by atoms with Crippen LogP contribution in [0.5, 0.6) is 0 Å². The van der Waals surface area contributed by atoms with Gasteiger partial charge in [0.05, 0.1) is 0 Å². The van der Waals surface area contributed by atoms with Gasteiger partial charge in [0.15, 0.2) is 0 Å². The van der Waals surface area contributed by atoms with Crippen LogP contribution in [0.3, 0.4) is 0 Å².